The molecule has 0 aromatic heterocycles. The van der Waals surface area contributed by atoms with Crippen molar-refractivity contribution >= 4 is 17.6 Å². The summed E-state index contributed by atoms with van der Waals surface area (Å²) in [6.07, 6.45) is 22.3. The first-order valence-corrected chi connectivity index (χ1v) is 17.9. The van der Waals surface area contributed by atoms with Gasteiger partial charge in [-0.3, -0.25) is 14.4 Å². The van der Waals surface area contributed by atoms with E-state index in [2.05, 4.69) is 43.6 Å². The highest BCUT2D eigenvalue weighted by atomic mass is 16.2. The van der Waals surface area contributed by atoms with E-state index in [-0.39, 0.29) is 29.2 Å². The summed E-state index contributed by atoms with van der Waals surface area (Å²) in [5.74, 6) is 0.236. The predicted molar refractivity (Wildman–Crippen MR) is 183 cm³/mol. The van der Waals surface area contributed by atoms with E-state index in [9.17, 15) is 14.4 Å². The molecule has 0 aliphatic heterocycles. The largest absolute Gasteiger partial charge is 0.356 e. The second-order valence-electron chi connectivity index (χ2n) is 14.8. The maximum absolute atomic E-state index is 12.9. The van der Waals surface area contributed by atoms with Gasteiger partial charge in [0, 0.05) is 30.5 Å². The quantitative estimate of drug-likeness (QED) is 0.0713. The van der Waals surface area contributed by atoms with Gasteiger partial charge in [0.15, 0.2) is 5.78 Å². The van der Waals surface area contributed by atoms with Gasteiger partial charge in [0.25, 0.3) is 0 Å². The summed E-state index contributed by atoms with van der Waals surface area (Å²) in [5.41, 5.74) is 5.56. The molecule has 2 atom stereocenters. The van der Waals surface area contributed by atoms with Gasteiger partial charge in [-0.15, -0.1) is 0 Å². The lowest BCUT2D eigenvalue weighted by atomic mass is 9.84. The molecular formula is C36H72N4O3. The Bertz CT molecular complexity index is 727. The minimum absolute atomic E-state index is 0.124. The Morgan fingerprint density at radius 1 is 0.605 bits per heavy atom. The molecule has 0 aliphatic carbocycles. The maximum atomic E-state index is 12.9. The highest BCUT2D eigenvalue weighted by Gasteiger charge is 2.31. The molecule has 7 nitrogen and oxygen atoms in total. The molecule has 0 heterocycles. The van der Waals surface area contributed by atoms with Crippen LogP contribution in [0.2, 0.25) is 0 Å². The van der Waals surface area contributed by atoms with Crippen LogP contribution in [0.25, 0.3) is 0 Å². The number of carbonyl (C=O) groups excluding carboxylic acids is 3. The third-order valence-corrected chi connectivity index (χ3v) is 7.99. The van der Waals surface area contributed by atoms with Crippen LogP contribution in [-0.4, -0.2) is 48.3 Å². The number of carbonyl (C=O) groups is 3. The topological polar surface area (TPSA) is 113 Å². The van der Waals surface area contributed by atoms with E-state index in [1.165, 1.54) is 70.6 Å². The molecule has 5 N–H and O–H groups in total. The number of nitrogens with one attached hydrogen (secondary N) is 3. The Kier molecular flexibility index (Phi) is 24.0. The summed E-state index contributed by atoms with van der Waals surface area (Å²) < 4.78 is 0. The van der Waals surface area contributed by atoms with Crippen LogP contribution in [0.4, 0.5) is 0 Å². The van der Waals surface area contributed by atoms with Crippen molar-refractivity contribution in [3.8, 4) is 0 Å². The van der Waals surface area contributed by atoms with Gasteiger partial charge in [-0.25, -0.2) is 0 Å². The minimum atomic E-state index is -0.528. The van der Waals surface area contributed by atoms with Gasteiger partial charge in [0.05, 0.1) is 12.1 Å². The normalized spacial score (nSPS) is 13.5. The maximum Gasteiger partial charge on any atom is 0.236 e. The molecule has 0 saturated carbocycles. The zero-order valence-electron chi connectivity index (χ0n) is 29.5. The van der Waals surface area contributed by atoms with Crippen molar-refractivity contribution in [2.24, 2.45) is 11.1 Å². The second-order valence-corrected chi connectivity index (χ2v) is 14.8. The minimum Gasteiger partial charge on any atom is -0.356 e. The lowest BCUT2D eigenvalue weighted by Gasteiger charge is -2.32. The molecule has 0 rings (SSSR count). The van der Waals surface area contributed by atoms with Crippen LogP contribution in [0, 0.1) is 5.41 Å². The standard InChI is InChI=1S/C36H72N4O3/c1-8-9-10-11-12-13-14-15-16-17-18-19-20-27-32(41)38-28-23-21-25-30(37)34(43)39-29-24-22-26-31(40-36(5,6)7)33(42)35(2,3)4/h30-31,40H,8-29,37H2,1-7H3,(H,38,41)(H,39,43). The van der Waals surface area contributed by atoms with E-state index in [4.69, 9.17) is 5.73 Å². The molecule has 2 unspecified atom stereocenters. The van der Waals surface area contributed by atoms with Crippen LogP contribution in [0.3, 0.4) is 0 Å². The fraction of sp³-hybridized carbons (Fsp3) is 0.917. The van der Waals surface area contributed by atoms with Gasteiger partial charge in [0.1, 0.15) is 0 Å². The molecule has 2 amide bonds. The summed E-state index contributed by atoms with van der Waals surface area (Å²) >= 11 is 0. The van der Waals surface area contributed by atoms with E-state index >= 15 is 0 Å². The Hall–Kier alpha value is -1.47. The lowest BCUT2D eigenvalue weighted by Crippen LogP contribution is -2.50. The fourth-order valence-electron chi connectivity index (χ4n) is 5.37. The smallest absolute Gasteiger partial charge is 0.236 e. The SMILES string of the molecule is CCCCCCCCCCCCCCCC(=O)NCCCCC(N)C(=O)NCCCCC(NC(C)(C)C)C(=O)C(C)(C)C. The van der Waals surface area contributed by atoms with Crippen molar-refractivity contribution in [2.75, 3.05) is 13.1 Å². The number of ketones is 1. The Morgan fingerprint density at radius 3 is 1.56 bits per heavy atom. The molecule has 0 aromatic rings. The zero-order valence-corrected chi connectivity index (χ0v) is 29.5. The molecule has 0 aliphatic rings. The van der Waals surface area contributed by atoms with E-state index in [1.807, 2.05) is 20.8 Å². The summed E-state index contributed by atoms with van der Waals surface area (Å²) in [5, 5.41) is 9.42. The lowest BCUT2D eigenvalue weighted by molar-refractivity contribution is -0.129. The van der Waals surface area contributed by atoms with Gasteiger partial charge >= 0.3 is 0 Å². The second kappa shape index (κ2) is 24.8. The first kappa shape index (κ1) is 41.5. The van der Waals surface area contributed by atoms with Crippen molar-refractivity contribution in [3.05, 3.63) is 0 Å². The van der Waals surface area contributed by atoms with E-state index < -0.39 is 11.5 Å². The van der Waals surface area contributed by atoms with Gasteiger partial charge in [0.2, 0.25) is 11.8 Å². The van der Waals surface area contributed by atoms with Crippen LogP contribution in [-0.2, 0) is 14.4 Å². The predicted octanol–water partition coefficient (Wildman–Crippen LogP) is 7.74. The van der Waals surface area contributed by atoms with E-state index in [1.54, 1.807) is 0 Å². The highest BCUT2D eigenvalue weighted by Crippen LogP contribution is 2.21. The fourth-order valence-corrected chi connectivity index (χ4v) is 5.37. The monoisotopic (exact) mass is 609 g/mol. The highest BCUT2D eigenvalue weighted by molar-refractivity contribution is 5.88. The van der Waals surface area contributed by atoms with E-state index in [0.717, 1.165) is 44.9 Å². The van der Waals surface area contributed by atoms with Gasteiger partial charge in [-0.1, -0.05) is 105 Å². The van der Waals surface area contributed by atoms with Gasteiger partial charge < -0.3 is 21.7 Å². The average Bonchev–Trinajstić information content (AvgIpc) is 2.92. The van der Waals surface area contributed by atoms with Crippen molar-refractivity contribution in [1.82, 2.24) is 16.0 Å². The number of hydrogen-bond donors (Lipinski definition) is 4. The number of nitrogens with two attached hydrogens (primary N) is 1. The number of Topliss-reactive ketones (excluding diaryl/α,β-unsaturated/α-hetero) is 1. The third-order valence-electron chi connectivity index (χ3n) is 7.99. The van der Waals surface area contributed by atoms with Crippen molar-refractivity contribution in [1.29, 1.82) is 0 Å². The summed E-state index contributed by atoms with van der Waals surface area (Å²) in [4.78, 5) is 37.3. The number of amides is 2. The van der Waals surface area contributed by atoms with Crippen LogP contribution >= 0.6 is 0 Å². The molecule has 0 bridgehead atoms. The summed E-state index contributed by atoms with van der Waals surface area (Å²) in [6.45, 7) is 15.6. The van der Waals surface area contributed by atoms with Gasteiger partial charge in [-0.2, -0.15) is 0 Å². The molecule has 0 aromatic carbocycles. The molecule has 0 fully saturated rings. The third kappa shape index (κ3) is 25.5. The Balaban J connectivity index is 3.78. The summed E-state index contributed by atoms with van der Waals surface area (Å²) in [7, 11) is 0. The van der Waals surface area contributed by atoms with Crippen molar-refractivity contribution in [3.63, 3.8) is 0 Å². The first-order chi connectivity index (χ1) is 20.3. The van der Waals surface area contributed by atoms with Crippen LogP contribution in [0.5, 0.6) is 0 Å². The van der Waals surface area contributed by atoms with Crippen molar-refractivity contribution in [2.45, 2.75) is 195 Å². The molecular weight excluding hydrogens is 536 g/mol. The Morgan fingerprint density at radius 2 is 1.07 bits per heavy atom. The number of hydrogen-bond acceptors (Lipinski definition) is 5. The molecule has 0 saturated heterocycles. The molecule has 254 valence electrons. The average molecular weight is 609 g/mol. The molecule has 7 heteroatoms. The van der Waals surface area contributed by atoms with Crippen LogP contribution in [0.1, 0.15) is 177 Å². The van der Waals surface area contributed by atoms with Gasteiger partial charge in [-0.05, 0) is 65.7 Å². The number of rotatable bonds is 27. The van der Waals surface area contributed by atoms with Crippen molar-refractivity contribution < 1.29 is 14.4 Å². The Labute approximate surface area is 266 Å². The molecule has 0 spiro atoms. The first-order valence-electron chi connectivity index (χ1n) is 17.9. The summed E-state index contributed by atoms with van der Waals surface area (Å²) in [6, 6.07) is -0.716. The zero-order chi connectivity index (χ0) is 32.6. The van der Waals surface area contributed by atoms with E-state index in [0.29, 0.717) is 25.9 Å². The van der Waals surface area contributed by atoms with Crippen LogP contribution < -0.4 is 21.7 Å². The van der Waals surface area contributed by atoms with Crippen LogP contribution in [0.15, 0.2) is 0 Å². The number of unbranched alkanes of at least 4 members (excludes halogenated alkanes) is 14. The molecule has 0 radical (unpaired) electrons. The molecule has 43 heavy (non-hydrogen) atoms.